The van der Waals surface area contributed by atoms with Gasteiger partial charge in [-0.3, -0.25) is 9.78 Å². The third-order valence-electron chi connectivity index (χ3n) is 4.46. The highest BCUT2D eigenvalue weighted by Gasteiger charge is 2.27. The second-order valence-corrected chi connectivity index (χ2v) is 8.64. The first-order valence-corrected chi connectivity index (χ1v) is 9.96. The van der Waals surface area contributed by atoms with Crippen LogP contribution in [-0.2, 0) is 9.84 Å². The number of nitrogens with one attached hydrogen (secondary N) is 2. The number of benzene rings is 1. The molecule has 0 aliphatic carbocycles. The fourth-order valence-electron chi connectivity index (χ4n) is 2.87. The average Bonchev–Trinajstić information content (AvgIpc) is 2.90. The lowest BCUT2D eigenvalue weighted by Gasteiger charge is -2.13. The van der Waals surface area contributed by atoms with Crippen molar-refractivity contribution in [3.05, 3.63) is 53.3 Å². The van der Waals surface area contributed by atoms with Crippen LogP contribution >= 0.6 is 0 Å². The van der Waals surface area contributed by atoms with E-state index in [1.165, 1.54) is 6.20 Å². The highest BCUT2D eigenvalue weighted by atomic mass is 32.2. The molecule has 1 saturated heterocycles. The van der Waals surface area contributed by atoms with E-state index in [9.17, 15) is 13.2 Å². The molecule has 3 rings (SSSR count). The summed E-state index contributed by atoms with van der Waals surface area (Å²) in [4.78, 5) is 16.6. The molecule has 0 bridgehead atoms. The van der Waals surface area contributed by atoms with Gasteiger partial charge in [-0.05, 0) is 43.5 Å². The Kier molecular flexibility index (Phi) is 4.76. The summed E-state index contributed by atoms with van der Waals surface area (Å²) in [5.74, 6) is 0.0699. The normalized spacial score (nSPS) is 18.7. The second kappa shape index (κ2) is 6.84. The molecule has 1 atom stereocenters. The van der Waals surface area contributed by atoms with Crippen LogP contribution < -0.4 is 10.6 Å². The fourth-order valence-corrected chi connectivity index (χ4v) is 4.54. The first-order chi connectivity index (χ1) is 11.8. The predicted molar refractivity (Wildman–Crippen MR) is 98.8 cm³/mol. The van der Waals surface area contributed by atoms with E-state index in [2.05, 4.69) is 15.6 Å². The lowest BCUT2D eigenvalue weighted by atomic mass is 10.1. The zero-order valence-electron chi connectivity index (χ0n) is 14.2. The Bertz CT molecular complexity index is 910. The molecule has 1 aliphatic heterocycles. The number of nitrogens with zero attached hydrogens (tertiary/aromatic N) is 1. The van der Waals surface area contributed by atoms with Crippen LogP contribution in [0.25, 0.3) is 0 Å². The number of anilines is 2. The van der Waals surface area contributed by atoms with E-state index in [-0.39, 0.29) is 23.5 Å². The van der Waals surface area contributed by atoms with Gasteiger partial charge in [-0.15, -0.1) is 0 Å². The third kappa shape index (κ3) is 4.17. The zero-order chi connectivity index (χ0) is 18.0. The first-order valence-electron chi connectivity index (χ1n) is 8.14. The molecule has 1 aliphatic rings. The lowest BCUT2D eigenvalue weighted by Crippen LogP contribution is -2.21. The summed E-state index contributed by atoms with van der Waals surface area (Å²) >= 11 is 0. The van der Waals surface area contributed by atoms with Gasteiger partial charge in [0, 0.05) is 24.1 Å². The van der Waals surface area contributed by atoms with Gasteiger partial charge in [-0.2, -0.15) is 0 Å². The van der Waals surface area contributed by atoms with Crippen LogP contribution in [0.4, 0.5) is 11.4 Å². The van der Waals surface area contributed by atoms with E-state index in [4.69, 9.17) is 0 Å². The third-order valence-corrected chi connectivity index (χ3v) is 6.22. The molecular formula is C18H21N3O3S. The van der Waals surface area contributed by atoms with Gasteiger partial charge in [0.1, 0.15) is 0 Å². The minimum Gasteiger partial charge on any atom is -0.380 e. The maximum Gasteiger partial charge on any atom is 0.257 e. The Morgan fingerprint density at radius 3 is 2.76 bits per heavy atom. The molecule has 2 aromatic rings. The first kappa shape index (κ1) is 17.4. The van der Waals surface area contributed by atoms with E-state index in [1.54, 1.807) is 12.3 Å². The van der Waals surface area contributed by atoms with E-state index < -0.39 is 9.84 Å². The van der Waals surface area contributed by atoms with Crippen LogP contribution in [0.15, 0.2) is 36.7 Å². The van der Waals surface area contributed by atoms with Gasteiger partial charge < -0.3 is 10.6 Å². The number of aryl methyl sites for hydroxylation is 1. The molecule has 25 heavy (non-hydrogen) atoms. The van der Waals surface area contributed by atoms with E-state index in [0.29, 0.717) is 17.7 Å². The highest BCUT2D eigenvalue weighted by Crippen LogP contribution is 2.20. The zero-order valence-corrected chi connectivity index (χ0v) is 15.1. The van der Waals surface area contributed by atoms with Gasteiger partial charge in [-0.1, -0.05) is 12.1 Å². The molecule has 1 aromatic heterocycles. The van der Waals surface area contributed by atoms with Crippen LogP contribution in [0.2, 0.25) is 0 Å². The van der Waals surface area contributed by atoms with Crippen molar-refractivity contribution >= 4 is 27.1 Å². The van der Waals surface area contributed by atoms with Crippen molar-refractivity contribution in [3.8, 4) is 0 Å². The molecule has 0 radical (unpaired) electrons. The summed E-state index contributed by atoms with van der Waals surface area (Å²) in [6, 6.07) is 7.31. The van der Waals surface area contributed by atoms with Crippen molar-refractivity contribution in [2.24, 2.45) is 0 Å². The standard InChI is InChI=1S/C18H21N3O3S/c1-12-4-3-5-17(13(12)2)21-18(22)14-8-16(10-19-9-14)20-15-6-7-25(23,24)11-15/h3-5,8-10,15,20H,6-7,11H2,1-2H3,(H,21,22). The van der Waals surface area contributed by atoms with Crippen molar-refractivity contribution < 1.29 is 13.2 Å². The van der Waals surface area contributed by atoms with Crippen LogP contribution in [-0.4, -0.2) is 36.9 Å². The summed E-state index contributed by atoms with van der Waals surface area (Å²) in [5, 5.41) is 6.05. The van der Waals surface area contributed by atoms with Crippen molar-refractivity contribution in [3.63, 3.8) is 0 Å². The van der Waals surface area contributed by atoms with Crippen LogP contribution in [0.3, 0.4) is 0 Å². The Labute approximate surface area is 147 Å². The maximum atomic E-state index is 12.5. The van der Waals surface area contributed by atoms with Crippen molar-refractivity contribution in [1.29, 1.82) is 0 Å². The molecule has 7 heteroatoms. The minimum absolute atomic E-state index is 0.117. The van der Waals surface area contributed by atoms with Crippen molar-refractivity contribution in [1.82, 2.24) is 4.98 Å². The molecule has 1 fully saturated rings. The second-order valence-electron chi connectivity index (χ2n) is 6.41. The van der Waals surface area contributed by atoms with Gasteiger partial charge in [0.25, 0.3) is 5.91 Å². The van der Waals surface area contributed by atoms with Crippen LogP contribution in [0, 0.1) is 13.8 Å². The molecule has 0 saturated carbocycles. The Balaban J connectivity index is 1.72. The number of carbonyl (C=O) groups is 1. The number of hydrogen-bond donors (Lipinski definition) is 2. The smallest absolute Gasteiger partial charge is 0.257 e. The molecule has 1 unspecified atom stereocenters. The molecular weight excluding hydrogens is 338 g/mol. The van der Waals surface area contributed by atoms with Gasteiger partial charge in [0.15, 0.2) is 9.84 Å². The molecule has 2 heterocycles. The Hall–Kier alpha value is -2.41. The summed E-state index contributed by atoms with van der Waals surface area (Å²) in [7, 11) is -2.95. The number of hydrogen-bond acceptors (Lipinski definition) is 5. The van der Waals surface area contributed by atoms with Crippen LogP contribution in [0.1, 0.15) is 27.9 Å². The molecule has 0 spiro atoms. The minimum atomic E-state index is -2.95. The number of pyridine rings is 1. The van der Waals surface area contributed by atoms with Gasteiger partial charge in [0.2, 0.25) is 0 Å². The molecule has 132 valence electrons. The lowest BCUT2D eigenvalue weighted by molar-refractivity contribution is 0.102. The average molecular weight is 359 g/mol. The van der Waals surface area contributed by atoms with E-state index in [0.717, 1.165) is 16.8 Å². The Morgan fingerprint density at radius 2 is 2.04 bits per heavy atom. The summed E-state index contributed by atoms with van der Waals surface area (Å²) in [6.07, 6.45) is 3.66. The van der Waals surface area contributed by atoms with Gasteiger partial charge in [-0.25, -0.2) is 8.42 Å². The van der Waals surface area contributed by atoms with E-state index in [1.807, 2.05) is 32.0 Å². The molecule has 1 amide bonds. The molecule has 1 aromatic carbocycles. The molecule has 2 N–H and O–H groups in total. The summed E-state index contributed by atoms with van der Waals surface area (Å²) in [5.41, 5.74) is 3.97. The number of carbonyl (C=O) groups excluding carboxylic acids is 1. The summed E-state index contributed by atoms with van der Waals surface area (Å²) < 4.78 is 23.1. The quantitative estimate of drug-likeness (QED) is 0.876. The topological polar surface area (TPSA) is 88.2 Å². The number of aromatic nitrogens is 1. The SMILES string of the molecule is Cc1cccc(NC(=O)c2cncc(NC3CCS(=O)(=O)C3)c2)c1C. The van der Waals surface area contributed by atoms with Crippen LogP contribution in [0.5, 0.6) is 0 Å². The van der Waals surface area contributed by atoms with Crippen molar-refractivity contribution in [2.45, 2.75) is 26.3 Å². The Morgan fingerprint density at radius 1 is 1.24 bits per heavy atom. The number of amides is 1. The summed E-state index contributed by atoms with van der Waals surface area (Å²) in [6.45, 7) is 3.95. The highest BCUT2D eigenvalue weighted by molar-refractivity contribution is 7.91. The maximum absolute atomic E-state index is 12.5. The van der Waals surface area contributed by atoms with Crippen molar-refractivity contribution in [2.75, 3.05) is 22.1 Å². The largest absolute Gasteiger partial charge is 0.380 e. The number of sulfone groups is 1. The number of rotatable bonds is 4. The molecule has 6 nitrogen and oxygen atoms in total. The predicted octanol–water partition coefficient (Wildman–Crippen LogP) is 2.55. The monoisotopic (exact) mass is 359 g/mol. The van der Waals surface area contributed by atoms with E-state index >= 15 is 0 Å². The van der Waals surface area contributed by atoms with Gasteiger partial charge in [0.05, 0.1) is 22.8 Å². The fraction of sp³-hybridized carbons (Fsp3) is 0.333. The van der Waals surface area contributed by atoms with Gasteiger partial charge >= 0.3 is 0 Å².